The van der Waals surface area contributed by atoms with Crippen LogP contribution in [0.2, 0.25) is 0 Å². The maximum absolute atomic E-state index is 11.6. The van der Waals surface area contributed by atoms with E-state index in [4.69, 9.17) is 14.5 Å². The van der Waals surface area contributed by atoms with E-state index in [1.807, 2.05) is 18.2 Å². The van der Waals surface area contributed by atoms with E-state index in [9.17, 15) is 10.1 Å². The normalized spacial score (nSPS) is 15.5. The maximum Gasteiger partial charge on any atom is 0.294 e. The summed E-state index contributed by atoms with van der Waals surface area (Å²) in [6, 6.07) is 20.9. The first kappa shape index (κ1) is 22.9. The number of hydrogen-bond donors (Lipinski definition) is 0. The highest BCUT2D eigenvalue weighted by molar-refractivity contribution is 7.07. The first-order valence-electron chi connectivity index (χ1n) is 11.4. The van der Waals surface area contributed by atoms with E-state index in [2.05, 4.69) is 34.2 Å². The molecular weight excluding hydrogens is 462 g/mol. The maximum atomic E-state index is 11.6. The first-order chi connectivity index (χ1) is 17.1. The summed E-state index contributed by atoms with van der Waals surface area (Å²) in [5, 5.41) is 13.7. The summed E-state index contributed by atoms with van der Waals surface area (Å²) in [5.74, 6) is 1.40. The number of nitro groups is 1. The number of nitro benzene ring substituents is 1. The van der Waals surface area contributed by atoms with Crippen molar-refractivity contribution in [2.75, 3.05) is 14.2 Å². The lowest BCUT2D eigenvalue weighted by Gasteiger charge is -2.28. The van der Waals surface area contributed by atoms with E-state index >= 15 is 0 Å². The molecule has 7 nitrogen and oxygen atoms in total. The Bertz CT molecular complexity index is 1460. The van der Waals surface area contributed by atoms with Crippen molar-refractivity contribution in [2.45, 2.75) is 25.3 Å². The smallest absolute Gasteiger partial charge is 0.294 e. The van der Waals surface area contributed by atoms with Crippen LogP contribution in [0, 0.1) is 10.1 Å². The molecule has 0 fully saturated rings. The molecule has 0 saturated heterocycles. The van der Waals surface area contributed by atoms with Crippen LogP contribution in [-0.4, -0.2) is 23.7 Å². The molecule has 5 rings (SSSR count). The number of rotatable bonds is 6. The Labute approximate surface area is 207 Å². The average Bonchev–Trinajstić information content (AvgIpc) is 3.30. The second kappa shape index (κ2) is 9.76. The van der Waals surface area contributed by atoms with Crippen LogP contribution in [0.3, 0.4) is 0 Å². The molecule has 0 bridgehead atoms. The molecule has 0 N–H and O–H groups in total. The SMILES string of the molecule is COc1ccc(-c2csc(=Nc3ccccc3[N+](=O)[O-])n2C2CCCc3ccccc32)c(OC)c1. The topological polar surface area (TPSA) is 78.9 Å². The van der Waals surface area contributed by atoms with Crippen LogP contribution in [0.25, 0.3) is 11.3 Å². The van der Waals surface area contributed by atoms with E-state index < -0.39 is 0 Å². The standard InChI is InChI=1S/C27H25N3O4S/c1-33-19-14-15-21(26(16-19)34-2)25-17-35-27(28-22-11-5-6-12-24(22)30(31)32)29(25)23-13-7-9-18-8-3-4-10-20(18)23/h3-6,8,10-12,14-17,23H,7,9,13H2,1-2H3. The Balaban J connectivity index is 1.78. The lowest BCUT2D eigenvalue weighted by atomic mass is 9.87. The van der Waals surface area contributed by atoms with E-state index in [1.54, 1.807) is 32.4 Å². The molecule has 35 heavy (non-hydrogen) atoms. The van der Waals surface area contributed by atoms with E-state index in [0.29, 0.717) is 22.0 Å². The molecule has 0 spiro atoms. The number of hydrogen-bond acceptors (Lipinski definition) is 6. The Hall–Kier alpha value is -3.91. The summed E-state index contributed by atoms with van der Waals surface area (Å²) in [6.45, 7) is 0. The monoisotopic (exact) mass is 487 g/mol. The third-order valence-electron chi connectivity index (χ3n) is 6.37. The summed E-state index contributed by atoms with van der Waals surface area (Å²) in [6.07, 6.45) is 3.03. The number of aromatic nitrogens is 1. The van der Waals surface area contributed by atoms with Gasteiger partial charge in [0.1, 0.15) is 17.2 Å². The third-order valence-corrected chi connectivity index (χ3v) is 7.21. The van der Waals surface area contributed by atoms with E-state index in [1.165, 1.54) is 28.5 Å². The Morgan fingerprint density at radius 2 is 1.86 bits per heavy atom. The zero-order valence-corrected chi connectivity index (χ0v) is 20.3. The number of ether oxygens (including phenoxy) is 2. The van der Waals surface area contributed by atoms with Crippen molar-refractivity contribution in [1.29, 1.82) is 0 Å². The fraction of sp³-hybridized carbons (Fsp3) is 0.222. The molecule has 8 heteroatoms. The minimum atomic E-state index is -0.389. The van der Waals surface area contributed by atoms with Crippen molar-refractivity contribution >= 4 is 22.7 Å². The van der Waals surface area contributed by atoms with Gasteiger partial charge in [0.15, 0.2) is 4.80 Å². The first-order valence-corrected chi connectivity index (χ1v) is 12.3. The van der Waals surface area contributed by atoms with Crippen molar-refractivity contribution in [1.82, 2.24) is 4.57 Å². The minimum Gasteiger partial charge on any atom is -0.497 e. The van der Waals surface area contributed by atoms with Crippen molar-refractivity contribution in [3.8, 4) is 22.8 Å². The van der Waals surface area contributed by atoms with Crippen molar-refractivity contribution < 1.29 is 14.4 Å². The van der Waals surface area contributed by atoms with Crippen molar-refractivity contribution in [2.24, 2.45) is 4.99 Å². The van der Waals surface area contributed by atoms with Gasteiger partial charge in [0.25, 0.3) is 5.69 Å². The molecule has 1 heterocycles. The fourth-order valence-electron chi connectivity index (χ4n) is 4.72. The largest absolute Gasteiger partial charge is 0.497 e. The lowest BCUT2D eigenvalue weighted by Crippen LogP contribution is -2.26. The van der Waals surface area contributed by atoms with Crippen LogP contribution in [0.5, 0.6) is 11.5 Å². The van der Waals surface area contributed by atoms with Gasteiger partial charge in [-0.1, -0.05) is 36.4 Å². The second-order valence-electron chi connectivity index (χ2n) is 8.30. The summed E-state index contributed by atoms with van der Waals surface area (Å²) in [7, 11) is 3.27. The number of nitrogens with zero attached hydrogens (tertiary/aromatic N) is 3. The van der Waals surface area contributed by atoms with Crippen LogP contribution in [-0.2, 0) is 6.42 Å². The predicted octanol–water partition coefficient (Wildman–Crippen LogP) is 6.30. The van der Waals surface area contributed by atoms with Crippen LogP contribution < -0.4 is 14.3 Å². The molecule has 0 amide bonds. The van der Waals surface area contributed by atoms with Gasteiger partial charge in [-0.25, -0.2) is 4.99 Å². The molecular formula is C27H25N3O4S. The highest BCUT2D eigenvalue weighted by Crippen LogP contribution is 2.39. The van der Waals surface area contributed by atoms with Crippen LogP contribution in [0.15, 0.2) is 77.1 Å². The van der Waals surface area contributed by atoms with E-state index in [0.717, 1.165) is 30.5 Å². The van der Waals surface area contributed by atoms with Gasteiger partial charge in [0.05, 0.1) is 30.9 Å². The Morgan fingerprint density at radius 1 is 1.06 bits per heavy atom. The molecule has 0 aliphatic heterocycles. The van der Waals surface area contributed by atoms with Gasteiger partial charge in [-0.05, 0) is 48.6 Å². The average molecular weight is 488 g/mol. The summed E-state index contributed by atoms with van der Waals surface area (Å²) in [5.41, 5.74) is 4.78. The predicted molar refractivity (Wildman–Crippen MR) is 137 cm³/mol. The molecule has 1 atom stereocenters. The molecule has 178 valence electrons. The summed E-state index contributed by atoms with van der Waals surface area (Å²) < 4.78 is 13.3. The van der Waals surface area contributed by atoms with Crippen molar-refractivity contribution in [3.05, 3.63) is 98.2 Å². The molecule has 4 aromatic rings. The number of methoxy groups -OCH3 is 2. The number of aryl methyl sites for hydroxylation is 1. The van der Waals surface area contributed by atoms with Gasteiger partial charge in [0.2, 0.25) is 0 Å². The highest BCUT2D eigenvalue weighted by Gasteiger charge is 2.26. The van der Waals surface area contributed by atoms with E-state index in [-0.39, 0.29) is 16.7 Å². The lowest BCUT2D eigenvalue weighted by molar-refractivity contribution is -0.384. The zero-order valence-electron chi connectivity index (χ0n) is 19.5. The molecule has 1 aliphatic rings. The van der Waals surface area contributed by atoms with Gasteiger partial charge >= 0.3 is 0 Å². The van der Waals surface area contributed by atoms with Gasteiger partial charge in [-0.3, -0.25) is 10.1 Å². The molecule has 1 aromatic heterocycles. The van der Waals surface area contributed by atoms with Crippen LogP contribution in [0.4, 0.5) is 11.4 Å². The third kappa shape index (κ3) is 4.33. The minimum absolute atomic E-state index is 0.0138. The molecule has 1 unspecified atom stereocenters. The molecule has 0 saturated carbocycles. The summed E-state index contributed by atoms with van der Waals surface area (Å²) in [4.78, 5) is 16.8. The number of thiazole rings is 1. The van der Waals surface area contributed by atoms with Crippen LogP contribution >= 0.6 is 11.3 Å². The Morgan fingerprint density at radius 3 is 2.66 bits per heavy atom. The summed E-state index contributed by atoms with van der Waals surface area (Å²) >= 11 is 1.47. The quantitative estimate of drug-likeness (QED) is 0.236. The Kier molecular flexibility index (Phi) is 6.37. The molecule has 0 radical (unpaired) electrons. The highest BCUT2D eigenvalue weighted by atomic mass is 32.1. The van der Waals surface area contributed by atoms with Gasteiger partial charge in [-0.2, -0.15) is 0 Å². The molecule has 1 aliphatic carbocycles. The second-order valence-corrected chi connectivity index (χ2v) is 9.14. The van der Waals surface area contributed by atoms with Crippen LogP contribution in [0.1, 0.15) is 30.0 Å². The molecule has 3 aromatic carbocycles. The number of benzene rings is 3. The fourth-order valence-corrected chi connectivity index (χ4v) is 5.67. The zero-order chi connectivity index (χ0) is 24.4. The van der Waals surface area contributed by atoms with Gasteiger partial charge < -0.3 is 14.0 Å². The number of para-hydroxylation sites is 2. The van der Waals surface area contributed by atoms with Crippen molar-refractivity contribution in [3.63, 3.8) is 0 Å². The van der Waals surface area contributed by atoms with Gasteiger partial charge in [0, 0.05) is 23.1 Å². The van der Waals surface area contributed by atoms with Gasteiger partial charge in [-0.15, -0.1) is 11.3 Å². The number of fused-ring (bicyclic) bond motifs is 1.